The molecule has 2 atom stereocenters. The average molecular weight is 684 g/mol. The van der Waals surface area contributed by atoms with Crippen molar-refractivity contribution < 1.29 is 49.7 Å². The van der Waals surface area contributed by atoms with E-state index < -0.39 is 44.6 Å². The van der Waals surface area contributed by atoms with Gasteiger partial charge >= 0.3 is 17.6 Å². The zero-order chi connectivity index (χ0) is 32.9. The number of phenols is 1. The summed E-state index contributed by atoms with van der Waals surface area (Å²) in [5.41, 5.74) is -0.00173. The molecule has 0 radical (unpaired) electrons. The van der Waals surface area contributed by atoms with E-state index in [-0.39, 0.29) is 29.8 Å². The molecule has 45 heavy (non-hydrogen) atoms. The van der Waals surface area contributed by atoms with Crippen molar-refractivity contribution in [2.75, 3.05) is 20.0 Å². The van der Waals surface area contributed by atoms with Gasteiger partial charge in [0.25, 0.3) is 0 Å². The lowest BCUT2D eigenvalue weighted by atomic mass is 9.93. The number of thiophene rings is 2. The summed E-state index contributed by atoms with van der Waals surface area (Å²) < 4.78 is 109. The third-order valence-corrected chi connectivity index (χ3v) is 10.8. The van der Waals surface area contributed by atoms with Gasteiger partial charge in [0.15, 0.2) is 12.4 Å². The minimum Gasteiger partial charge on any atom is -0.748 e. The van der Waals surface area contributed by atoms with Gasteiger partial charge in [0.2, 0.25) is 0 Å². The van der Waals surface area contributed by atoms with E-state index in [0.717, 1.165) is 14.2 Å². The predicted molar refractivity (Wildman–Crippen MR) is 163 cm³/mol. The maximum absolute atomic E-state index is 16.7. The van der Waals surface area contributed by atoms with Crippen LogP contribution in [0.15, 0.2) is 60.9 Å². The molecule has 1 aromatic carbocycles. The van der Waals surface area contributed by atoms with Gasteiger partial charge in [-0.25, -0.2) is 13.0 Å². The molecule has 0 fully saturated rings. The minimum absolute atomic E-state index is 0.0276. The second kappa shape index (κ2) is 11.9. The van der Waals surface area contributed by atoms with E-state index in [4.69, 9.17) is 9.47 Å². The summed E-state index contributed by atoms with van der Waals surface area (Å²) in [5, 5.41) is 9.68. The number of alkyl halides is 4. The predicted octanol–water partition coefficient (Wildman–Crippen LogP) is 6.87. The molecule has 0 amide bonds. The number of rotatable bonds is 10. The molecule has 1 aliphatic carbocycles. The molecular formula is C31H29F4NO6S3. The fraction of sp³-hybridized carbons (Fsp3) is 0.323. The molecule has 3 aromatic heterocycles. The number of halogens is 4. The fourth-order valence-corrected chi connectivity index (χ4v) is 8.03. The van der Waals surface area contributed by atoms with E-state index in [2.05, 4.69) is 0 Å². The number of phenolic OH excluding ortho intramolecular Hbond substituents is 1. The molecule has 0 saturated heterocycles. The summed E-state index contributed by atoms with van der Waals surface area (Å²) in [6.07, 6.45) is 3.46. The number of aromatic nitrogens is 1. The Bertz CT molecular complexity index is 1870. The van der Waals surface area contributed by atoms with Crippen LogP contribution in [-0.4, -0.2) is 55.7 Å². The molecule has 7 nitrogen and oxygen atoms in total. The highest BCUT2D eigenvalue weighted by Gasteiger charge is 2.79. The van der Waals surface area contributed by atoms with E-state index in [1.165, 1.54) is 46.9 Å². The number of hydrogen-bond acceptors (Lipinski definition) is 8. The SMILES string of the molecule is COC1(F)C(c2cc(-c3ccc(O)cc3)sc2C)=C(c2cc(-c3cc[n+](CCCS(=O)(=O)[O-])cc3)sc2C)C(F)(OC)C1(F)F. The zero-order valence-electron chi connectivity index (χ0n) is 24.6. The molecule has 0 spiro atoms. The number of ether oxygens (including phenoxy) is 2. The number of nitrogens with zero attached hydrogens (tertiary/aromatic N) is 1. The maximum atomic E-state index is 16.7. The Morgan fingerprint density at radius 2 is 1.27 bits per heavy atom. The van der Waals surface area contributed by atoms with Crippen LogP contribution >= 0.6 is 22.7 Å². The van der Waals surface area contributed by atoms with Crippen molar-refractivity contribution in [2.45, 2.75) is 44.4 Å². The van der Waals surface area contributed by atoms with Gasteiger partial charge in [-0.2, -0.15) is 17.6 Å². The third-order valence-electron chi connectivity index (χ3n) is 7.78. The summed E-state index contributed by atoms with van der Waals surface area (Å²) in [7, 11) is -2.82. The van der Waals surface area contributed by atoms with E-state index in [9.17, 15) is 18.1 Å². The lowest BCUT2D eigenvalue weighted by molar-refractivity contribution is -0.696. The minimum atomic E-state index is -4.79. The second-order valence-corrected chi connectivity index (χ2v) is 14.6. The normalized spacial score (nSPS) is 21.5. The molecule has 3 heterocycles. The van der Waals surface area contributed by atoms with E-state index in [0.29, 0.717) is 30.6 Å². The van der Waals surface area contributed by atoms with Crippen molar-refractivity contribution in [3.63, 3.8) is 0 Å². The van der Waals surface area contributed by atoms with Gasteiger partial charge in [-0.05, 0) is 66.9 Å². The Morgan fingerprint density at radius 1 is 0.822 bits per heavy atom. The molecule has 0 aliphatic heterocycles. The molecule has 0 bridgehead atoms. The first-order chi connectivity index (χ1) is 21.1. The van der Waals surface area contributed by atoms with Crippen molar-refractivity contribution in [3.8, 4) is 26.6 Å². The van der Waals surface area contributed by atoms with Crippen LogP contribution in [0.25, 0.3) is 32.0 Å². The van der Waals surface area contributed by atoms with Gasteiger partial charge in [0, 0.05) is 74.7 Å². The van der Waals surface area contributed by atoms with Gasteiger partial charge in [-0.1, -0.05) is 0 Å². The Kier molecular flexibility index (Phi) is 8.79. The van der Waals surface area contributed by atoms with Crippen LogP contribution in [0.2, 0.25) is 0 Å². The first-order valence-electron chi connectivity index (χ1n) is 13.6. The lowest BCUT2D eigenvalue weighted by Crippen LogP contribution is -2.55. The van der Waals surface area contributed by atoms with Crippen molar-refractivity contribution >= 4 is 43.9 Å². The molecule has 4 aromatic rings. The molecule has 14 heteroatoms. The Hall–Kier alpha value is -3.14. The van der Waals surface area contributed by atoms with E-state index >= 15 is 17.6 Å². The highest BCUT2D eigenvalue weighted by Crippen LogP contribution is 2.65. The van der Waals surface area contributed by atoms with Crippen molar-refractivity contribution in [1.29, 1.82) is 0 Å². The van der Waals surface area contributed by atoms with Crippen molar-refractivity contribution in [3.05, 3.63) is 81.8 Å². The highest BCUT2D eigenvalue weighted by atomic mass is 32.2. The van der Waals surface area contributed by atoms with Crippen LogP contribution in [0.1, 0.15) is 27.3 Å². The Morgan fingerprint density at radius 3 is 1.69 bits per heavy atom. The quantitative estimate of drug-likeness (QED) is 0.111. The highest BCUT2D eigenvalue weighted by molar-refractivity contribution is 7.85. The molecular weight excluding hydrogens is 655 g/mol. The van der Waals surface area contributed by atoms with Crippen molar-refractivity contribution in [2.24, 2.45) is 0 Å². The monoisotopic (exact) mass is 683 g/mol. The largest absolute Gasteiger partial charge is 0.748 e. The third kappa shape index (κ3) is 5.72. The van der Waals surface area contributed by atoms with Gasteiger partial charge < -0.3 is 19.1 Å². The van der Waals surface area contributed by atoms with E-state index in [1.807, 2.05) is 0 Å². The molecule has 1 N–H and O–H groups in total. The standard InChI is InChI=1S/C31H29F4NO6S3/c1-18-23(16-25(43-18)20-6-8-22(37)9-7-20)27-28(30(33,42-4)31(34,35)29(27,32)41-3)24-17-26(44-19(24)2)21-10-13-36(14-11-21)12-5-15-45(38,39)40/h6-11,13-14,16-17H,5,12,15H2,1-4H3,(H-,37,38,39,40). The number of pyridine rings is 1. The van der Waals surface area contributed by atoms with Gasteiger partial charge in [0.1, 0.15) is 12.3 Å². The number of hydrogen-bond donors (Lipinski definition) is 1. The second-order valence-electron chi connectivity index (χ2n) is 10.6. The zero-order valence-corrected chi connectivity index (χ0v) is 27.0. The van der Waals surface area contributed by atoms with Crippen LogP contribution in [-0.2, 0) is 26.1 Å². The maximum Gasteiger partial charge on any atom is 0.371 e. The molecule has 240 valence electrons. The van der Waals surface area contributed by atoms with Crippen LogP contribution in [0.3, 0.4) is 0 Å². The van der Waals surface area contributed by atoms with Crippen LogP contribution in [0.4, 0.5) is 17.6 Å². The van der Waals surface area contributed by atoms with Gasteiger partial charge in [-0.3, -0.25) is 0 Å². The molecule has 1 aliphatic rings. The van der Waals surface area contributed by atoms with Crippen molar-refractivity contribution in [1.82, 2.24) is 0 Å². The van der Waals surface area contributed by atoms with Gasteiger partial charge in [-0.15, -0.1) is 22.7 Å². The summed E-state index contributed by atoms with van der Waals surface area (Å²) in [5.74, 6) is -13.0. The smallest absolute Gasteiger partial charge is 0.371 e. The van der Waals surface area contributed by atoms with Crippen LogP contribution in [0.5, 0.6) is 5.75 Å². The summed E-state index contributed by atoms with van der Waals surface area (Å²) in [6.45, 7) is 3.51. The first-order valence-corrected chi connectivity index (χ1v) is 16.8. The van der Waals surface area contributed by atoms with Crippen LogP contribution < -0.4 is 4.57 Å². The lowest BCUT2D eigenvalue weighted by Gasteiger charge is -2.33. The number of aryl methyl sites for hydroxylation is 3. The molecule has 2 unspecified atom stereocenters. The summed E-state index contributed by atoms with van der Waals surface area (Å²) >= 11 is 2.38. The molecule has 0 saturated carbocycles. The molecule has 5 rings (SSSR count). The Balaban J connectivity index is 1.65. The average Bonchev–Trinajstić information content (AvgIpc) is 3.59. The topological polar surface area (TPSA) is 99.8 Å². The summed E-state index contributed by atoms with van der Waals surface area (Å²) in [4.78, 5) is 2.02. The van der Waals surface area contributed by atoms with Crippen LogP contribution in [0, 0.1) is 13.8 Å². The fourth-order valence-electron chi connectivity index (χ4n) is 5.48. The first kappa shape index (κ1) is 33.2. The summed E-state index contributed by atoms with van der Waals surface area (Å²) in [6, 6.07) is 12.6. The number of benzene rings is 1. The van der Waals surface area contributed by atoms with E-state index in [1.54, 1.807) is 55.1 Å². The van der Waals surface area contributed by atoms with Gasteiger partial charge in [0.05, 0.1) is 10.1 Å². The Labute approximate surface area is 265 Å². The number of aromatic hydroxyl groups is 1. The number of methoxy groups -OCH3 is 2.